The van der Waals surface area contributed by atoms with Crippen molar-refractivity contribution in [2.75, 3.05) is 11.3 Å². The van der Waals surface area contributed by atoms with Crippen molar-refractivity contribution < 1.29 is 26.3 Å². The summed E-state index contributed by atoms with van der Waals surface area (Å²) < 4.78 is 68.5. The van der Waals surface area contributed by atoms with Crippen molar-refractivity contribution in [3.05, 3.63) is 35.7 Å². The number of ether oxygens (including phenoxy) is 1. The van der Waals surface area contributed by atoms with Gasteiger partial charge in [0.05, 0.1) is 17.1 Å². The zero-order valence-electron chi connectivity index (χ0n) is 12.2. The molecule has 2 aromatic rings. The number of benzene rings is 1. The van der Waals surface area contributed by atoms with E-state index in [1.807, 2.05) is 0 Å². The van der Waals surface area contributed by atoms with Crippen LogP contribution in [0.1, 0.15) is 11.4 Å². The van der Waals surface area contributed by atoms with Gasteiger partial charge in [-0.3, -0.25) is 9.82 Å². The number of hydrogen-bond donors (Lipinski definition) is 2. The van der Waals surface area contributed by atoms with Gasteiger partial charge in [0, 0.05) is 0 Å². The number of para-hydroxylation sites is 2. The van der Waals surface area contributed by atoms with Gasteiger partial charge in [0.1, 0.15) is 10.6 Å². The molecule has 0 amide bonds. The molecular formula is C13H14F3N3O3S. The van der Waals surface area contributed by atoms with E-state index in [1.165, 1.54) is 38.1 Å². The van der Waals surface area contributed by atoms with Gasteiger partial charge in [0.2, 0.25) is 0 Å². The van der Waals surface area contributed by atoms with Crippen molar-refractivity contribution >= 4 is 15.7 Å². The largest absolute Gasteiger partial charge is 0.482 e. The zero-order chi connectivity index (χ0) is 17.3. The topological polar surface area (TPSA) is 84.1 Å². The van der Waals surface area contributed by atoms with Crippen LogP contribution in [0.4, 0.5) is 18.9 Å². The summed E-state index contributed by atoms with van der Waals surface area (Å²) in [4.78, 5) is -0.0527. The molecule has 0 atom stereocenters. The predicted octanol–water partition coefficient (Wildman–Crippen LogP) is 2.77. The average Bonchev–Trinajstić information content (AvgIpc) is 2.76. The maximum absolute atomic E-state index is 12.4. The molecule has 126 valence electrons. The van der Waals surface area contributed by atoms with Crippen molar-refractivity contribution in [2.24, 2.45) is 0 Å². The van der Waals surface area contributed by atoms with E-state index in [-0.39, 0.29) is 22.0 Å². The molecule has 0 aliphatic heterocycles. The molecule has 1 aromatic heterocycles. The van der Waals surface area contributed by atoms with E-state index in [0.29, 0.717) is 5.69 Å². The molecule has 1 aromatic carbocycles. The fourth-order valence-corrected chi connectivity index (χ4v) is 3.41. The van der Waals surface area contributed by atoms with Crippen LogP contribution >= 0.6 is 0 Å². The number of aromatic nitrogens is 2. The zero-order valence-corrected chi connectivity index (χ0v) is 13.0. The van der Waals surface area contributed by atoms with Crippen molar-refractivity contribution in [1.29, 1.82) is 0 Å². The SMILES string of the molecule is Cc1n[nH]c(C)c1S(=O)(=O)Nc1ccccc1OCC(F)(F)F. The molecular weight excluding hydrogens is 335 g/mol. The number of H-pyrrole nitrogens is 1. The van der Waals surface area contributed by atoms with Crippen LogP contribution in [-0.2, 0) is 10.0 Å². The maximum Gasteiger partial charge on any atom is 0.422 e. The molecule has 0 saturated heterocycles. The van der Waals surface area contributed by atoms with E-state index < -0.39 is 22.8 Å². The van der Waals surface area contributed by atoms with Gasteiger partial charge in [0.15, 0.2) is 6.61 Å². The molecule has 0 radical (unpaired) electrons. The summed E-state index contributed by atoms with van der Waals surface area (Å²) in [6.07, 6.45) is -4.52. The van der Waals surface area contributed by atoms with Crippen LogP contribution in [0.2, 0.25) is 0 Å². The van der Waals surface area contributed by atoms with Gasteiger partial charge in [-0.05, 0) is 26.0 Å². The Morgan fingerprint density at radius 1 is 1.26 bits per heavy atom. The summed E-state index contributed by atoms with van der Waals surface area (Å²) in [5.74, 6) is -0.216. The molecule has 0 spiro atoms. The van der Waals surface area contributed by atoms with Crippen LogP contribution in [0.5, 0.6) is 5.75 Å². The molecule has 1 heterocycles. The predicted molar refractivity (Wildman–Crippen MR) is 76.9 cm³/mol. The van der Waals surface area contributed by atoms with Crippen molar-refractivity contribution in [2.45, 2.75) is 24.9 Å². The quantitative estimate of drug-likeness (QED) is 0.869. The Labute approximate surface area is 130 Å². The standard InChI is InChI=1S/C13H14F3N3O3S/c1-8-12(9(2)18-17-8)23(20,21)19-10-5-3-4-6-11(10)22-7-13(14,15)16/h3-6,19H,7H2,1-2H3,(H,17,18). The third kappa shape index (κ3) is 4.15. The lowest BCUT2D eigenvalue weighted by Crippen LogP contribution is -2.20. The van der Waals surface area contributed by atoms with Crippen LogP contribution in [0, 0.1) is 13.8 Å². The molecule has 0 unspecified atom stereocenters. The molecule has 10 heteroatoms. The number of aromatic amines is 1. The van der Waals surface area contributed by atoms with E-state index in [0.717, 1.165) is 0 Å². The highest BCUT2D eigenvalue weighted by Crippen LogP contribution is 2.29. The Hall–Kier alpha value is -2.23. The molecule has 6 nitrogen and oxygen atoms in total. The maximum atomic E-state index is 12.4. The Kier molecular flexibility index (Phi) is 4.55. The highest BCUT2D eigenvalue weighted by Gasteiger charge is 2.29. The number of aryl methyl sites for hydroxylation is 2. The van der Waals surface area contributed by atoms with Crippen LogP contribution in [0.25, 0.3) is 0 Å². The fraction of sp³-hybridized carbons (Fsp3) is 0.308. The summed E-state index contributed by atoms with van der Waals surface area (Å²) >= 11 is 0. The lowest BCUT2D eigenvalue weighted by molar-refractivity contribution is -0.153. The van der Waals surface area contributed by atoms with Crippen molar-refractivity contribution in [1.82, 2.24) is 10.2 Å². The van der Waals surface area contributed by atoms with Gasteiger partial charge in [-0.25, -0.2) is 8.42 Å². The van der Waals surface area contributed by atoms with E-state index in [9.17, 15) is 21.6 Å². The number of halogens is 3. The lowest BCUT2D eigenvalue weighted by Gasteiger charge is -2.14. The van der Waals surface area contributed by atoms with Gasteiger partial charge >= 0.3 is 6.18 Å². The van der Waals surface area contributed by atoms with Crippen LogP contribution in [0.15, 0.2) is 29.2 Å². The molecule has 0 aliphatic carbocycles. The third-order valence-electron chi connectivity index (χ3n) is 2.85. The minimum absolute atomic E-state index is 0.0527. The first-order valence-electron chi connectivity index (χ1n) is 6.43. The highest BCUT2D eigenvalue weighted by molar-refractivity contribution is 7.92. The van der Waals surface area contributed by atoms with Crippen LogP contribution < -0.4 is 9.46 Å². The number of anilines is 1. The van der Waals surface area contributed by atoms with E-state index in [1.54, 1.807) is 0 Å². The number of alkyl halides is 3. The first kappa shape index (κ1) is 17.1. The van der Waals surface area contributed by atoms with Crippen LogP contribution in [0.3, 0.4) is 0 Å². The smallest absolute Gasteiger partial charge is 0.422 e. The first-order valence-corrected chi connectivity index (χ1v) is 7.91. The van der Waals surface area contributed by atoms with E-state index >= 15 is 0 Å². The Bertz CT molecular complexity index is 781. The van der Waals surface area contributed by atoms with Gasteiger partial charge < -0.3 is 4.74 Å². The van der Waals surface area contributed by atoms with Crippen molar-refractivity contribution in [3.8, 4) is 5.75 Å². The van der Waals surface area contributed by atoms with E-state index in [4.69, 9.17) is 0 Å². The van der Waals surface area contributed by atoms with Gasteiger partial charge in [-0.1, -0.05) is 12.1 Å². The minimum atomic E-state index is -4.52. The molecule has 2 N–H and O–H groups in total. The molecule has 0 saturated carbocycles. The second-order valence-electron chi connectivity index (χ2n) is 4.77. The fourth-order valence-electron chi connectivity index (χ4n) is 1.97. The summed E-state index contributed by atoms with van der Waals surface area (Å²) in [6.45, 7) is 1.51. The number of nitrogens with one attached hydrogen (secondary N) is 2. The minimum Gasteiger partial charge on any atom is -0.482 e. The molecule has 0 bridgehead atoms. The van der Waals surface area contributed by atoms with Gasteiger partial charge in [-0.2, -0.15) is 18.3 Å². The Morgan fingerprint density at radius 3 is 2.48 bits per heavy atom. The summed E-state index contributed by atoms with van der Waals surface area (Å²) in [6, 6.07) is 5.48. The second-order valence-corrected chi connectivity index (χ2v) is 6.39. The summed E-state index contributed by atoms with van der Waals surface area (Å²) in [7, 11) is -4.01. The highest BCUT2D eigenvalue weighted by atomic mass is 32.2. The van der Waals surface area contributed by atoms with Crippen molar-refractivity contribution in [3.63, 3.8) is 0 Å². The van der Waals surface area contributed by atoms with Gasteiger partial charge in [0.25, 0.3) is 10.0 Å². The summed E-state index contributed by atoms with van der Waals surface area (Å²) in [5.41, 5.74) is 0.490. The third-order valence-corrected chi connectivity index (χ3v) is 4.48. The number of rotatable bonds is 5. The number of sulfonamides is 1. The van der Waals surface area contributed by atoms with E-state index in [2.05, 4.69) is 19.7 Å². The Balaban J connectivity index is 2.30. The normalized spacial score (nSPS) is 12.2. The molecule has 2 rings (SSSR count). The monoisotopic (exact) mass is 349 g/mol. The second kappa shape index (κ2) is 6.11. The average molecular weight is 349 g/mol. The first-order chi connectivity index (χ1) is 10.6. The summed E-state index contributed by atoms with van der Waals surface area (Å²) in [5, 5.41) is 6.33. The lowest BCUT2D eigenvalue weighted by atomic mass is 10.3. The van der Waals surface area contributed by atoms with Gasteiger partial charge in [-0.15, -0.1) is 0 Å². The number of nitrogens with zero attached hydrogens (tertiary/aromatic N) is 1. The molecule has 23 heavy (non-hydrogen) atoms. The van der Waals surface area contributed by atoms with Crippen LogP contribution in [-0.4, -0.2) is 31.4 Å². The molecule has 0 fully saturated rings. The number of hydrogen-bond acceptors (Lipinski definition) is 4. The Morgan fingerprint density at radius 2 is 1.91 bits per heavy atom. The molecule has 0 aliphatic rings.